The zero-order chi connectivity index (χ0) is 17.6. The van der Waals surface area contributed by atoms with Gasteiger partial charge in [0.2, 0.25) is 5.91 Å². The molecule has 0 fully saturated rings. The lowest BCUT2D eigenvalue weighted by Crippen LogP contribution is -2.33. The Morgan fingerprint density at radius 3 is 2.76 bits per heavy atom. The van der Waals surface area contributed by atoms with Crippen LogP contribution >= 0.6 is 11.6 Å². The Labute approximate surface area is 150 Å². The monoisotopic (exact) mass is 355 g/mol. The highest BCUT2D eigenvalue weighted by Crippen LogP contribution is 2.13. The van der Waals surface area contributed by atoms with E-state index in [1.807, 2.05) is 18.2 Å². The zero-order valence-electron chi connectivity index (χ0n) is 13.6. The number of aryl methyl sites for hydroxylation is 1. The van der Waals surface area contributed by atoms with Crippen LogP contribution in [-0.2, 0) is 17.8 Å². The van der Waals surface area contributed by atoms with E-state index in [1.165, 1.54) is 16.5 Å². The maximum atomic E-state index is 12.4. The van der Waals surface area contributed by atoms with Crippen LogP contribution in [-0.4, -0.2) is 22.0 Å². The third-order valence-corrected chi connectivity index (χ3v) is 4.14. The number of hydrogen-bond acceptors (Lipinski definition) is 3. The molecule has 6 heteroatoms. The Morgan fingerprint density at radius 1 is 1.16 bits per heavy atom. The molecule has 0 aliphatic heterocycles. The Hall–Kier alpha value is -2.66. The third kappa shape index (κ3) is 4.45. The molecule has 25 heavy (non-hydrogen) atoms. The minimum absolute atomic E-state index is 0.0559. The quantitative estimate of drug-likeness (QED) is 0.691. The predicted molar refractivity (Wildman–Crippen MR) is 98.8 cm³/mol. The number of carbonyl (C=O) groups is 1. The summed E-state index contributed by atoms with van der Waals surface area (Å²) < 4.78 is 1.30. The van der Waals surface area contributed by atoms with Gasteiger partial charge in [-0.1, -0.05) is 41.9 Å². The fourth-order valence-electron chi connectivity index (χ4n) is 2.62. The molecule has 0 aliphatic rings. The third-order valence-electron chi connectivity index (χ3n) is 3.91. The van der Waals surface area contributed by atoms with E-state index in [2.05, 4.69) is 22.4 Å². The lowest BCUT2D eigenvalue weighted by atomic mass is 10.1. The molecule has 0 spiro atoms. The molecule has 1 aromatic heterocycles. The highest BCUT2D eigenvalue weighted by atomic mass is 35.5. The van der Waals surface area contributed by atoms with Crippen LogP contribution in [0.2, 0.25) is 5.02 Å². The number of amides is 1. The first-order chi connectivity index (χ1) is 12.1. The predicted octanol–water partition coefficient (Wildman–Crippen LogP) is 2.80. The molecule has 0 saturated carbocycles. The summed E-state index contributed by atoms with van der Waals surface area (Å²) in [4.78, 5) is 28.7. The Morgan fingerprint density at radius 2 is 1.96 bits per heavy atom. The molecule has 1 amide bonds. The average Bonchev–Trinajstić information content (AvgIpc) is 2.62. The van der Waals surface area contributed by atoms with Crippen molar-refractivity contribution >= 4 is 28.4 Å². The molecule has 5 nitrogen and oxygen atoms in total. The summed E-state index contributed by atoms with van der Waals surface area (Å²) in [5.74, 6) is -0.210. The molecule has 0 unspecified atom stereocenters. The van der Waals surface area contributed by atoms with E-state index in [9.17, 15) is 9.59 Å². The van der Waals surface area contributed by atoms with Gasteiger partial charge in [-0.05, 0) is 36.6 Å². The van der Waals surface area contributed by atoms with E-state index in [-0.39, 0.29) is 18.0 Å². The molecular weight excluding hydrogens is 338 g/mol. The number of halogens is 1. The van der Waals surface area contributed by atoms with Gasteiger partial charge in [0.25, 0.3) is 5.56 Å². The minimum atomic E-state index is -0.271. The fourth-order valence-corrected chi connectivity index (χ4v) is 2.79. The molecule has 0 atom stereocenters. The van der Waals surface area contributed by atoms with E-state index < -0.39 is 0 Å². The lowest BCUT2D eigenvalue weighted by Gasteiger charge is -2.08. The molecular formula is C19H18ClN3O2. The van der Waals surface area contributed by atoms with E-state index in [0.29, 0.717) is 22.5 Å². The molecule has 3 rings (SSSR count). The van der Waals surface area contributed by atoms with Gasteiger partial charge in [0, 0.05) is 11.6 Å². The molecule has 1 N–H and O–H groups in total. The molecule has 0 saturated heterocycles. The molecule has 1 heterocycles. The van der Waals surface area contributed by atoms with Gasteiger partial charge in [-0.15, -0.1) is 0 Å². The molecule has 2 aromatic carbocycles. The van der Waals surface area contributed by atoms with Gasteiger partial charge in [0.15, 0.2) is 0 Å². The summed E-state index contributed by atoms with van der Waals surface area (Å²) in [5, 5.41) is 3.71. The first-order valence-electron chi connectivity index (χ1n) is 8.09. The normalized spacial score (nSPS) is 10.8. The van der Waals surface area contributed by atoms with Crippen LogP contribution in [0.4, 0.5) is 0 Å². The van der Waals surface area contributed by atoms with E-state index in [1.54, 1.807) is 18.2 Å². The lowest BCUT2D eigenvalue weighted by molar-refractivity contribution is -0.121. The Bertz CT molecular complexity index is 938. The number of carbonyl (C=O) groups excluding carboxylic acids is 1. The largest absolute Gasteiger partial charge is 0.355 e. The maximum Gasteiger partial charge on any atom is 0.261 e. The van der Waals surface area contributed by atoms with Crippen LogP contribution in [0.25, 0.3) is 10.9 Å². The number of benzene rings is 2. The molecule has 3 aromatic rings. The average molecular weight is 356 g/mol. The SMILES string of the molecule is O=C(Cn1cnc2ccc(Cl)cc2c1=O)NCCCc1ccccc1. The maximum absolute atomic E-state index is 12.4. The van der Waals surface area contributed by atoms with Crippen LogP contribution in [0, 0.1) is 0 Å². The van der Waals surface area contributed by atoms with Crippen LogP contribution in [0.5, 0.6) is 0 Å². The van der Waals surface area contributed by atoms with Crippen LogP contribution < -0.4 is 10.9 Å². The molecule has 0 aliphatic carbocycles. The number of fused-ring (bicyclic) bond motifs is 1. The summed E-state index contributed by atoms with van der Waals surface area (Å²) in [7, 11) is 0. The van der Waals surface area contributed by atoms with Crippen molar-refractivity contribution in [2.45, 2.75) is 19.4 Å². The van der Waals surface area contributed by atoms with Crippen LogP contribution in [0.3, 0.4) is 0 Å². The first-order valence-corrected chi connectivity index (χ1v) is 8.46. The summed E-state index contributed by atoms with van der Waals surface area (Å²) >= 11 is 5.93. The summed E-state index contributed by atoms with van der Waals surface area (Å²) in [6.45, 7) is 0.509. The number of nitrogens with one attached hydrogen (secondary N) is 1. The van der Waals surface area contributed by atoms with Crippen molar-refractivity contribution in [3.63, 3.8) is 0 Å². The van der Waals surface area contributed by atoms with E-state index in [4.69, 9.17) is 11.6 Å². The summed E-state index contributed by atoms with van der Waals surface area (Å²) in [5.41, 5.74) is 1.53. The van der Waals surface area contributed by atoms with Crippen molar-refractivity contribution in [3.8, 4) is 0 Å². The zero-order valence-corrected chi connectivity index (χ0v) is 14.4. The van der Waals surface area contributed by atoms with Gasteiger partial charge in [0.05, 0.1) is 17.2 Å². The van der Waals surface area contributed by atoms with Crippen molar-refractivity contribution in [1.82, 2.24) is 14.9 Å². The highest BCUT2D eigenvalue weighted by molar-refractivity contribution is 6.31. The van der Waals surface area contributed by atoms with Gasteiger partial charge in [-0.2, -0.15) is 0 Å². The van der Waals surface area contributed by atoms with Crippen molar-refractivity contribution in [3.05, 3.63) is 75.8 Å². The number of rotatable bonds is 6. The second-order valence-electron chi connectivity index (χ2n) is 5.78. The van der Waals surface area contributed by atoms with Crippen molar-refractivity contribution in [2.75, 3.05) is 6.54 Å². The standard InChI is InChI=1S/C19H18ClN3O2/c20-15-8-9-17-16(11-15)19(25)23(13-22-17)12-18(24)21-10-4-7-14-5-2-1-3-6-14/h1-3,5-6,8-9,11,13H,4,7,10,12H2,(H,21,24). The van der Waals surface area contributed by atoms with Crippen molar-refractivity contribution in [2.24, 2.45) is 0 Å². The van der Waals surface area contributed by atoms with E-state index in [0.717, 1.165) is 12.8 Å². The fraction of sp³-hybridized carbons (Fsp3) is 0.211. The van der Waals surface area contributed by atoms with Gasteiger partial charge < -0.3 is 5.32 Å². The van der Waals surface area contributed by atoms with Gasteiger partial charge in [-0.3, -0.25) is 14.2 Å². The Balaban J connectivity index is 1.57. The Kier molecular flexibility index (Phi) is 5.46. The van der Waals surface area contributed by atoms with Gasteiger partial charge in [-0.25, -0.2) is 4.98 Å². The second-order valence-corrected chi connectivity index (χ2v) is 6.21. The van der Waals surface area contributed by atoms with Crippen LogP contribution in [0.1, 0.15) is 12.0 Å². The topological polar surface area (TPSA) is 64.0 Å². The second kappa shape index (κ2) is 7.94. The molecule has 128 valence electrons. The minimum Gasteiger partial charge on any atom is -0.355 e. The molecule has 0 bridgehead atoms. The number of nitrogens with zero attached hydrogens (tertiary/aromatic N) is 2. The molecule has 0 radical (unpaired) electrons. The van der Waals surface area contributed by atoms with E-state index >= 15 is 0 Å². The van der Waals surface area contributed by atoms with Crippen LogP contribution in [0.15, 0.2) is 59.7 Å². The number of aromatic nitrogens is 2. The summed E-state index contributed by atoms with van der Waals surface area (Å²) in [6.07, 6.45) is 3.13. The smallest absolute Gasteiger partial charge is 0.261 e. The van der Waals surface area contributed by atoms with Crippen molar-refractivity contribution in [1.29, 1.82) is 0 Å². The number of hydrogen-bond donors (Lipinski definition) is 1. The first kappa shape index (κ1) is 17.2. The van der Waals surface area contributed by atoms with Crippen molar-refractivity contribution < 1.29 is 4.79 Å². The summed E-state index contributed by atoms with van der Waals surface area (Å²) in [6, 6.07) is 15.0. The van der Waals surface area contributed by atoms with Gasteiger partial charge >= 0.3 is 0 Å². The highest BCUT2D eigenvalue weighted by Gasteiger charge is 2.08. The van der Waals surface area contributed by atoms with Gasteiger partial charge in [0.1, 0.15) is 6.54 Å².